The Morgan fingerprint density at radius 3 is 2.65 bits per heavy atom. The van der Waals surface area contributed by atoms with Crippen molar-refractivity contribution >= 4 is 11.5 Å². The highest BCUT2D eigenvalue weighted by atomic mass is 16.5. The van der Waals surface area contributed by atoms with Crippen LogP contribution in [-0.2, 0) is 0 Å². The lowest BCUT2D eigenvalue weighted by atomic mass is 10.1. The summed E-state index contributed by atoms with van der Waals surface area (Å²) in [5.41, 5.74) is 12.1. The molecule has 1 aromatic carbocycles. The fourth-order valence-electron chi connectivity index (χ4n) is 1.49. The van der Waals surface area contributed by atoms with Crippen LogP contribution in [0.1, 0.15) is 0 Å². The van der Waals surface area contributed by atoms with Crippen LogP contribution in [-0.4, -0.2) is 17.1 Å². The molecule has 1 heterocycles. The van der Waals surface area contributed by atoms with Crippen molar-refractivity contribution in [1.82, 2.24) is 9.97 Å². The first-order valence-corrected chi connectivity index (χ1v) is 4.91. The van der Waals surface area contributed by atoms with E-state index in [0.717, 1.165) is 0 Å². The van der Waals surface area contributed by atoms with Crippen molar-refractivity contribution in [2.75, 3.05) is 18.6 Å². The zero-order chi connectivity index (χ0) is 12.4. The van der Waals surface area contributed by atoms with Crippen LogP contribution in [0.3, 0.4) is 0 Å². The molecule has 1 aromatic heterocycles. The van der Waals surface area contributed by atoms with Crippen molar-refractivity contribution in [3.63, 3.8) is 0 Å². The molecule has 0 aliphatic heterocycles. The highest BCUT2D eigenvalue weighted by Gasteiger charge is 2.05. The second-order valence-electron chi connectivity index (χ2n) is 3.48. The van der Waals surface area contributed by atoms with Crippen LogP contribution in [0.5, 0.6) is 5.75 Å². The molecular weight excluding hydrogens is 220 g/mol. The van der Waals surface area contributed by atoms with Crippen LogP contribution >= 0.6 is 0 Å². The van der Waals surface area contributed by atoms with Crippen LogP contribution in [0.2, 0.25) is 0 Å². The van der Waals surface area contributed by atoms with Gasteiger partial charge in [0.05, 0.1) is 12.8 Å². The number of benzene rings is 1. The number of nitrogen functional groups attached to an aromatic ring is 2. The first kappa shape index (κ1) is 11.0. The van der Waals surface area contributed by atoms with E-state index in [1.54, 1.807) is 18.2 Å². The molecule has 2 aromatic rings. The van der Waals surface area contributed by atoms with E-state index >= 15 is 0 Å². The molecule has 0 amide bonds. The van der Waals surface area contributed by atoms with Gasteiger partial charge in [-0.15, -0.1) is 0 Å². The van der Waals surface area contributed by atoms with Gasteiger partial charge in [-0.1, -0.05) is 0 Å². The number of hydrogen-bond donors (Lipinski definition) is 3. The van der Waals surface area contributed by atoms with E-state index < -0.39 is 0 Å². The van der Waals surface area contributed by atoms with Crippen molar-refractivity contribution in [1.29, 1.82) is 0 Å². The van der Waals surface area contributed by atoms with E-state index in [1.807, 2.05) is 0 Å². The van der Waals surface area contributed by atoms with Crippen molar-refractivity contribution in [2.45, 2.75) is 0 Å². The van der Waals surface area contributed by atoms with Gasteiger partial charge in [-0.2, -0.15) is 0 Å². The molecular formula is C11H12N4O2. The fourth-order valence-corrected chi connectivity index (χ4v) is 1.49. The number of ether oxygens (including phenoxy) is 1. The molecule has 0 fully saturated rings. The number of rotatable bonds is 2. The summed E-state index contributed by atoms with van der Waals surface area (Å²) in [5.74, 6) is 1.11. The van der Waals surface area contributed by atoms with Gasteiger partial charge >= 0.3 is 0 Å². The number of aromatic amines is 1. The largest absolute Gasteiger partial charge is 0.495 e. The second kappa shape index (κ2) is 4.17. The van der Waals surface area contributed by atoms with Crippen molar-refractivity contribution in [3.05, 3.63) is 34.6 Å². The Bertz CT molecular complexity index is 607. The molecule has 6 nitrogen and oxygen atoms in total. The summed E-state index contributed by atoms with van der Waals surface area (Å²) in [4.78, 5) is 17.9. The van der Waals surface area contributed by atoms with E-state index in [9.17, 15) is 4.79 Å². The first-order chi connectivity index (χ1) is 8.10. The number of methoxy groups -OCH3 is 1. The molecule has 0 aliphatic rings. The summed E-state index contributed by atoms with van der Waals surface area (Å²) in [7, 11) is 1.53. The van der Waals surface area contributed by atoms with Gasteiger partial charge in [-0.3, -0.25) is 4.79 Å². The van der Waals surface area contributed by atoms with Crippen LogP contribution in [0.25, 0.3) is 11.4 Å². The van der Waals surface area contributed by atoms with Crippen LogP contribution in [0.15, 0.2) is 29.1 Å². The lowest BCUT2D eigenvalue weighted by molar-refractivity contribution is 0.417. The second-order valence-corrected chi connectivity index (χ2v) is 3.48. The van der Waals surface area contributed by atoms with Gasteiger partial charge in [0, 0.05) is 11.6 Å². The van der Waals surface area contributed by atoms with E-state index in [1.165, 1.54) is 13.2 Å². The lowest BCUT2D eigenvalue weighted by Crippen LogP contribution is -2.09. The Kier molecular flexibility index (Phi) is 2.70. The topological polar surface area (TPSA) is 107 Å². The number of anilines is 2. The molecule has 17 heavy (non-hydrogen) atoms. The predicted molar refractivity (Wildman–Crippen MR) is 65.7 cm³/mol. The third kappa shape index (κ3) is 2.20. The number of aromatic nitrogens is 2. The summed E-state index contributed by atoms with van der Waals surface area (Å²) in [6, 6.07) is 6.33. The van der Waals surface area contributed by atoms with Crippen molar-refractivity contribution < 1.29 is 4.74 Å². The number of H-pyrrole nitrogens is 1. The fraction of sp³-hybridized carbons (Fsp3) is 0.0909. The number of nitrogens with zero attached hydrogens (tertiary/aromatic N) is 1. The molecule has 0 aliphatic carbocycles. The Labute approximate surface area is 97.2 Å². The highest BCUT2D eigenvalue weighted by molar-refractivity contribution is 5.66. The molecule has 0 radical (unpaired) electrons. The average Bonchev–Trinajstić information content (AvgIpc) is 2.27. The number of nitrogens with one attached hydrogen (secondary N) is 1. The van der Waals surface area contributed by atoms with Gasteiger partial charge in [0.1, 0.15) is 17.4 Å². The zero-order valence-corrected chi connectivity index (χ0v) is 9.23. The standard InChI is InChI=1S/C11H12N4O2/c1-17-8-3-2-6(4-7(8)12)11-14-9(13)5-10(16)15-11/h2-5H,12H2,1H3,(H3,13,14,15,16). The molecule has 0 bridgehead atoms. The summed E-state index contributed by atoms with van der Waals surface area (Å²) >= 11 is 0. The Morgan fingerprint density at radius 1 is 1.29 bits per heavy atom. The van der Waals surface area contributed by atoms with Crippen LogP contribution in [0, 0.1) is 0 Å². The van der Waals surface area contributed by atoms with E-state index in [4.69, 9.17) is 16.2 Å². The Balaban J connectivity index is 2.53. The van der Waals surface area contributed by atoms with E-state index in [0.29, 0.717) is 22.8 Å². The first-order valence-electron chi connectivity index (χ1n) is 4.91. The number of hydrogen-bond acceptors (Lipinski definition) is 5. The molecule has 0 unspecified atom stereocenters. The summed E-state index contributed by atoms with van der Waals surface area (Å²) in [5, 5.41) is 0. The van der Waals surface area contributed by atoms with Gasteiger partial charge in [0.15, 0.2) is 0 Å². The predicted octanol–water partition coefficient (Wildman–Crippen LogP) is 0.610. The maximum Gasteiger partial charge on any atom is 0.253 e. The minimum atomic E-state index is -0.304. The lowest BCUT2D eigenvalue weighted by Gasteiger charge is -2.06. The quantitative estimate of drug-likeness (QED) is 0.657. The van der Waals surface area contributed by atoms with Gasteiger partial charge in [-0.25, -0.2) is 4.98 Å². The molecule has 0 saturated heterocycles. The summed E-state index contributed by atoms with van der Waals surface area (Å²) in [6.45, 7) is 0. The average molecular weight is 232 g/mol. The van der Waals surface area contributed by atoms with E-state index in [-0.39, 0.29) is 11.4 Å². The molecule has 5 N–H and O–H groups in total. The van der Waals surface area contributed by atoms with Gasteiger partial charge in [0.2, 0.25) is 0 Å². The Morgan fingerprint density at radius 2 is 2.06 bits per heavy atom. The molecule has 2 rings (SSSR count). The monoisotopic (exact) mass is 232 g/mol. The van der Waals surface area contributed by atoms with Crippen molar-refractivity contribution in [3.8, 4) is 17.1 Å². The SMILES string of the molecule is COc1ccc(-c2nc(N)cc(=O)[nH]2)cc1N. The van der Waals surface area contributed by atoms with E-state index in [2.05, 4.69) is 9.97 Å². The third-order valence-corrected chi connectivity index (χ3v) is 2.26. The van der Waals surface area contributed by atoms with Gasteiger partial charge in [0.25, 0.3) is 5.56 Å². The minimum Gasteiger partial charge on any atom is -0.495 e. The molecule has 6 heteroatoms. The molecule has 0 spiro atoms. The van der Waals surface area contributed by atoms with Gasteiger partial charge < -0.3 is 21.2 Å². The van der Waals surface area contributed by atoms with Gasteiger partial charge in [-0.05, 0) is 18.2 Å². The minimum absolute atomic E-state index is 0.165. The zero-order valence-electron chi connectivity index (χ0n) is 9.23. The van der Waals surface area contributed by atoms with Crippen LogP contribution < -0.4 is 21.8 Å². The Hall–Kier alpha value is -2.50. The maximum absolute atomic E-state index is 11.3. The molecule has 88 valence electrons. The maximum atomic E-state index is 11.3. The summed E-state index contributed by atoms with van der Waals surface area (Å²) in [6.07, 6.45) is 0. The van der Waals surface area contributed by atoms with Crippen LogP contribution in [0.4, 0.5) is 11.5 Å². The molecule has 0 saturated carbocycles. The highest BCUT2D eigenvalue weighted by Crippen LogP contribution is 2.26. The molecule has 0 atom stereocenters. The van der Waals surface area contributed by atoms with Crippen molar-refractivity contribution in [2.24, 2.45) is 0 Å². The third-order valence-electron chi connectivity index (χ3n) is 2.26. The number of nitrogens with two attached hydrogens (primary N) is 2. The smallest absolute Gasteiger partial charge is 0.253 e. The summed E-state index contributed by atoms with van der Waals surface area (Å²) < 4.78 is 5.04. The normalized spacial score (nSPS) is 10.2.